The topological polar surface area (TPSA) is 42.2 Å². The van der Waals surface area contributed by atoms with Crippen LogP contribution in [0.2, 0.25) is 0 Å². The Balaban J connectivity index is 2.63. The molecule has 94 valence electrons. The Morgan fingerprint density at radius 2 is 1.78 bits per heavy atom. The molecule has 0 radical (unpaired) electrons. The monoisotopic (exact) mass is 253 g/mol. The Morgan fingerprint density at radius 1 is 1.22 bits per heavy atom. The van der Waals surface area contributed by atoms with E-state index < -0.39 is 47.8 Å². The molecule has 1 saturated heterocycles. The van der Waals surface area contributed by atoms with Crippen LogP contribution in [0.15, 0.2) is 18.1 Å². The molecule has 1 aliphatic heterocycles. The maximum Gasteiger partial charge on any atom is 0.494 e. The van der Waals surface area contributed by atoms with E-state index in [0.717, 1.165) is 0 Å². The Morgan fingerprint density at radius 3 is 2.28 bits per heavy atom. The zero-order valence-electron chi connectivity index (χ0n) is 13.7. The van der Waals surface area contributed by atoms with Crippen LogP contribution in [0.5, 0.6) is 0 Å². The van der Waals surface area contributed by atoms with Crippen molar-refractivity contribution >= 4 is 12.6 Å². The van der Waals surface area contributed by atoms with Gasteiger partial charge in [0.1, 0.15) is 5.82 Å². The third kappa shape index (κ3) is 2.14. The molecule has 0 saturated carbocycles. The summed E-state index contributed by atoms with van der Waals surface area (Å²) < 4.78 is 48.6. The first-order valence-corrected chi connectivity index (χ1v) is 5.58. The fourth-order valence-electron chi connectivity index (χ4n) is 1.59. The molecule has 0 spiro atoms. The minimum Gasteiger partial charge on any atom is -0.399 e. The second kappa shape index (κ2) is 4.08. The third-order valence-electron chi connectivity index (χ3n) is 3.34. The van der Waals surface area contributed by atoms with E-state index in [0.29, 0.717) is 0 Å². The van der Waals surface area contributed by atoms with Gasteiger partial charge < -0.3 is 9.31 Å². The highest BCUT2D eigenvalue weighted by atomic mass is 19.1. The molecular weight excluding hydrogens is 232 g/mol. The van der Waals surface area contributed by atoms with Crippen molar-refractivity contribution in [1.29, 1.82) is 5.26 Å². The van der Waals surface area contributed by atoms with Crippen molar-refractivity contribution < 1.29 is 17.8 Å². The molecule has 1 aliphatic rings. The predicted molar refractivity (Wildman–Crippen MR) is 66.8 cm³/mol. The molecule has 0 aliphatic carbocycles. The molecule has 0 N–H and O–H groups in total. The summed E-state index contributed by atoms with van der Waals surface area (Å²) in [7, 11) is -1.11. The van der Waals surface area contributed by atoms with Crippen molar-refractivity contribution in [3.63, 3.8) is 0 Å². The highest BCUT2D eigenvalue weighted by Crippen LogP contribution is 2.36. The number of benzene rings is 1. The van der Waals surface area contributed by atoms with Gasteiger partial charge in [-0.1, -0.05) is 0 Å². The molecular formula is C13H15BFNO2. The van der Waals surface area contributed by atoms with Crippen LogP contribution in [-0.2, 0) is 9.31 Å². The van der Waals surface area contributed by atoms with Gasteiger partial charge in [0.15, 0.2) is 0 Å². The molecule has 0 amide bonds. The summed E-state index contributed by atoms with van der Waals surface area (Å²) in [5, 5.41) is 8.99. The normalized spacial score (nSPS) is 23.1. The van der Waals surface area contributed by atoms with Crippen molar-refractivity contribution in [3.8, 4) is 6.07 Å². The standard InChI is InChI=1S/C13H15BFNO2/c1-12(2)13(3,4)18-14(17-12)10-5-9(8-16)6-11(15)7-10/h5-7H,1-4H3/i5T,6T,7T. The van der Waals surface area contributed by atoms with E-state index in [4.69, 9.17) is 18.7 Å². The first kappa shape index (κ1) is 9.54. The minimum atomic E-state index is -1.15. The van der Waals surface area contributed by atoms with E-state index in [1.807, 2.05) is 0 Å². The van der Waals surface area contributed by atoms with Gasteiger partial charge in [-0.2, -0.15) is 5.26 Å². The van der Waals surface area contributed by atoms with Gasteiger partial charge in [-0.15, -0.1) is 0 Å². The van der Waals surface area contributed by atoms with Gasteiger partial charge in [-0.05, 0) is 51.3 Å². The third-order valence-corrected chi connectivity index (χ3v) is 3.34. The van der Waals surface area contributed by atoms with Crippen LogP contribution < -0.4 is 5.46 Å². The number of nitrogens with zero attached hydrogens (tertiary/aromatic N) is 1. The van der Waals surface area contributed by atoms with E-state index >= 15 is 0 Å². The van der Waals surface area contributed by atoms with Gasteiger partial charge in [0.25, 0.3) is 0 Å². The molecule has 1 fully saturated rings. The molecule has 1 heterocycles. The van der Waals surface area contributed by atoms with Crippen LogP contribution in [-0.4, -0.2) is 18.3 Å². The predicted octanol–water partition coefficient (Wildman–Crippen LogP) is 2.00. The van der Waals surface area contributed by atoms with Crippen LogP contribution in [0.4, 0.5) is 4.39 Å². The van der Waals surface area contributed by atoms with Crippen molar-refractivity contribution in [2.75, 3.05) is 0 Å². The van der Waals surface area contributed by atoms with Crippen LogP contribution in [0, 0.1) is 17.1 Å². The molecule has 0 atom stereocenters. The number of halogens is 1. The Hall–Kier alpha value is -1.38. The smallest absolute Gasteiger partial charge is 0.399 e. The van der Waals surface area contributed by atoms with Crippen molar-refractivity contribution in [2.45, 2.75) is 38.9 Å². The zero-order chi connectivity index (χ0) is 16.2. The zero-order valence-corrected chi connectivity index (χ0v) is 10.7. The van der Waals surface area contributed by atoms with E-state index in [-0.39, 0.29) is 5.46 Å². The van der Waals surface area contributed by atoms with Crippen molar-refractivity contribution in [1.82, 2.24) is 0 Å². The summed E-state index contributed by atoms with van der Waals surface area (Å²) in [6, 6.07) is -0.148. The molecule has 5 heteroatoms. The van der Waals surface area contributed by atoms with Gasteiger partial charge in [0.05, 0.1) is 26.9 Å². The summed E-state index contributed by atoms with van der Waals surface area (Å²) >= 11 is 0. The lowest BCUT2D eigenvalue weighted by atomic mass is 9.78. The molecule has 0 unspecified atom stereocenters. The summed E-state index contributed by atoms with van der Waals surface area (Å²) in [6.45, 7) is 7.17. The maximum absolute atomic E-state index is 13.9. The Labute approximate surface area is 111 Å². The SMILES string of the molecule is [3H]c1c(F)c([3H])c(B2OC(C)(C)C(C)(C)O2)c([3H])c1C#N. The van der Waals surface area contributed by atoms with Crippen LogP contribution in [0.1, 0.15) is 37.4 Å². The molecule has 3 nitrogen and oxygen atoms in total. The summed E-state index contributed by atoms with van der Waals surface area (Å²) in [5.41, 5.74) is -1.99. The van der Waals surface area contributed by atoms with Crippen molar-refractivity contribution in [3.05, 3.63) is 29.5 Å². The minimum absolute atomic E-state index is 0.154. The van der Waals surface area contributed by atoms with E-state index in [9.17, 15) is 4.39 Å². The quantitative estimate of drug-likeness (QED) is 0.719. The molecule has 2 rings (SSSR count). The fourth-order valence-corrected chi connectivity index (χ4v) is 1.59. The van der Waals surface area contributed by atoms with E-state index in [2.05, 4.69) is 0 Å². The van der Waals surface area contributed by atoms with Gasteiger partial charge in [0.2, 0.25) is 0 Å². The van der Waals surface area contributed by atoms with E-state index in [1.165, 1.54) is 0 Å². The largest absolute Gasteiger partial charge is 0.494 e. The van der Waals surface area contributed by atoms with Crippen LogP contribution in [0.3, 0.4) is 0 Å². The summed E-state index contributed by atoms with van der Waals surface area (Å²) in [4.78, 5) is 0. The van der Waals surface area contributed by atoms with Crippen LogP contribution in [0.25, 0.3) is 0 Å². The number of hydrogen-bond donors (Lipinski definition) is 0. The fraction of sp³-hybridized carbons (Fsp3) is 0.462. The molecule has 18 heavy (non-hydrogen) atoms. The molecule has 1 aromatic rings. The maximum atomic E-state index is 13.9. The summed E-state index contributed by atoms with van der Waals surface area (Å²) in [5.74, 6) is -1.15. The Bertz CT molecular complexity index is 642. The lowest BCUT2D eigenvalue weighted by molar-refractivity contribution is 0.00578. The lowest BCUT2D eigenvalue weighted by Crippen LogP contribution is -2.41. The first-order chi connectivity index (χ1) is 9.53. The summed E-state index contributed by atoms with van der Waals surface area (Å²) in [6.07, 6.45) is 0. The van der Waals surface area contributed by atoms with Gasteiger partial charge in [0, 0.05) is 0 Å². The van der Waals surface area contributed by atoms with Gasteiger partial charge >= 0.3 is 7.12 Å². The van der Waals surface area contributed by atoms with Gasteiger partial charge in [-0.25, -0.2) is 4.39 Å². The van der Waals surface area contributed by atoms with E-state index in [1.54, 1.807) is 33.8 Å². The van der Waals surface area contributed by atoms with Gasteiger partial charge in [-0.3, -0.25) is 0 Å². The average molecular weight is 253 g/mol. The lowest BCUT2D eigenvalue weighted by Gasteiger charge is -2.32. The highest BCUT2D eigenvalue weighted by molar-refractivity contribution is 6.62. The highest BCUT2D eigenvalue weighted by Gasteiger charge is 2.51. The molecule has 0 bridgehead atoms. The van der Waals surface area contributed by atoms with Crippen molar-refractivity contribution in [2.24, 2.45) is 0 Å². The van der Waals surface area contributed by atoms with Crippen LogP contribution >= 0.6 is 0 Å². The first-order valence-electron chi connectivity index (χ1n) is 7.08. The molecule has 0 aromatic heterocycles. The number of nitriles is 1. The average Bonchev–Trinajstić information content (AvgIpc) is 2.56. The Kier molecular flexibility index (Phi) is 2.16. The molecule has 1 aromatic carbocycles. The second-order valence-electron chi connectivity index (χ2n) is 5.18. The second-order valence-corrected chi connectivity index (χ2v) is 5.18. The number of rotatable bonds is 1. The number of hydrogen-bond acceptors (Lipinski definition) is 3.